The summed E-state index contributed by atoms with van der Waals surface area (Å²) in [5, 5.41) is 0. The standard InChI is InChI=1S/C26H25N3O3/c1-19-7-5-11-22(13-19)32-23-12-6-10-21(14-23)26(15-25(27)30,24-16-28-18-29-24)31-17-20-8-3-2-4-9-20/h2-14,16,18H,15,17H2,1H3,(H2,27,30)(H,28,29). The summed E-state index contributed by atoms with van der Waals surface area (Å²) in [4.78, 5) is 19.5. The van der Waals surface area contributed by atoms with E-state index in [4.69, 9.17) is 15.2 Å². The molecule has 0 saturated heterocycles. The van der Waals surface area contributed by atoms with Gasteiger partial charge in [0.15, 0.2) is 0 Å². The summed E-state index contributed by atoms with van der Waals surface area (Å²) in [5.41, 5.74) is 7.99. The topological polar surface area (TPSA) is 90.2 Å². The van der Waals surface area contributed by atoms with Crippen LogP contribution >= 0.6 is 0 Å². The molecule has 1 heterocycles. The summed E-state index contributed by atoms with van der Waals surface area (Å²) in [6, 6.07) is 25.1. The number of carbonyl (C=O) groups excluding carboxylic acids is 1. The van der Waals surface area contributed by atoms with Crippen LogP contribution in [0.25, 0.3) is 0 Å². The van der Waals surface area contributed by atoms with Crippen LogP contribution in [0.2, 0.25) is 0 Å². The molecule has 0 aliphatic heterocycles. The molecular formula is C26H25N3O3. The van der Waals surface area contributed by atoms with E-state index < -0.39 is 11.5 Å². The molecule has 3 N–H and O–H groups in total. The zero-order valence-electron chi connectivity index (χ0n) is 17.8. The number of ether oxygens (including phenoxy) is 2. The molecule has 162 valence electrons. The number of primary amides is 1. The van der Waals surface area contributed by atoms with Gasteiger partial charge in [0.05, 0.1) is 31.2 Å². The number of hydrogen-bond donors (Lipinski definition) is 2. The maximum absolute atomic E-state index is 12.2. The molecule has 6 heteroatoms. The van der Waals surface area contributed by atoms with E-state index in [1.807, 2.05) is 85.8 Å². The van der Waals surface area contributed by atoms with Crippen molar-refractivity contribution in [3.05, 3.63) is 114 Å². The average molecular weight is 428 g/mol. The Kier molecular flexibility index (Phi) is 6.33. The Bertz CT molecular complexity index is 1180. The molecule has 3 aromatic carbocycles. The zero-order valence-corrected chi connectivity index (χ0v) is 17.8. The fourth-order valence-corrected chi connectivity index (χ4v) is 3.69. The number of nitrogens with one attached hydrogen (secondary N) is 1. The number of nitrogens with two attached hydrogens (primary N) is 1. The maximum atomic E-state index is 12.2. The molecule has 0 bridgehead atoms. The number of rotatable bonds is 9. The SMILES string of the molecule is Cc1cccc(Oc2cccc(C(CC(N)=O)(OCc3ccccc3)c3cnc[nH]3)c2)c1. The molecule has 6 nitrogen and oxygen atoms in total. The number of hydrogen-bond acceptors (Lipinski definition) is 4. The summed E-state index contributed by atoms with van der Waals surface area (Å²) >= 11 is 0. The lowest BCUT2D eigenvalue weighted by Gasteiger charge is -2.33. The van der Waals surface area contributed by atoms with E-state index >= 15 is 0 Å². The number of imidazole rings is 1. The number of H-pyrrole nitrogens is 1. The Labute approximate surface area is 187 Å². The Morgan fingerprint density at radius 2 is 1.75 bits per heavy atom. The molecule has 0 aliphatic rings. The lowest BCUT2D eigenvalue weighted by molar-refractivity contribution is -0.125. The molecule has 4 aromatic rings. The number of nitrogens with zero attached hydrogens (tertiary/aromatic N) is 1. The van der Waals surface area contributed by atoms with Crippen LogP contribution in [0, 0.1) is 6.92 Å². The van der Waals surface area contributed by atoms with Gasteiger partial charge in [0, 0.05) is 0 Å². The van der Waals surface area contributed by atoms with Gasteiger partial charge >= 0.3 is 0 Å². The molecule has 1 aromatic heterocycles. The van der Waals surface area contributed by atoms with Gasteiger partial charge in [0.2, 0.25) is 5.91 Å². The van der Waals surface area contributed by atoms with Gasteiger partial charge in [-0.1, -0.05) is 54.6 Å². The van der Waals surface area contributed by atoms with Crippen LogP contribution in [-0.4, -0.2) is 15.9 Å². The van der Waals surface area contributed by atoms with Crippen LogP contribution < -0.4 is 10.5 Å². The molecule has 0 spiro atoms. The van der Waals surface area contributed by atoms with Crippen LogP contribution in [0.3, 0.4) is 0 Å². The fourth-order valence-electron chi connectivity index (χ4n) is 3.69. The number of carbonyl (C=O) groups is 1. The molecule has 0 radical (unpaired) electrons. The number of aromatic amines is 1. The van der Waals surface area contributed by atoms with Gasteiger partial charge in [-0.15, -0.1) is 0 Å². The molecule has 0 aliphatic carbocycles. The van der Waals surface area contributed by atoms with Crippen molar-refractivity contribution in [1.82, 2.24) is 9.97 Å². The Morgan fingerprint density at radius 3 is 2.44 bits per heavy atom. The van der Waals surface area contributed by atoms with E-state index in [9.17, 15) is 4.79 Å². The number of aromatic nitrogens is 2. The van der Waals surface area contributed by atoms with E-state index in [0.717, 1.165) is 22.4 Å². The van der Waals surface area contributed by atoms with Crippen LogP contribution in [0.4, 0.5) is 0 Å². The highest BCUT2D eigenvalue weighted by atomic mass is 16.5. The summed E-state index contributed by atoms with van der Waals surface area (Å²) in [5.74, 6) is 0.872. The third kappa shape index (κ3) is 4.87. The highest BCUT2D eigenvalue weighted by Crippen LogP contribution is 2.38. The van der Waals surface area contributed by atoms with Gasteiger partial charge < -0.3 is 20.2 Å². The number of amides is 1. The molecule has 1 atom stereocenters. The van der Waals surface area contributed by atoms with Crippen molar-refractivity contribution in [2.24, 2.45) is 5.73 Å². The minimum absolute atomic E-state index is 0.0596. The summed E-state index contributed by atoms with van der Waals surface area (Å²) < 4.78 is 12.5. The molecular weight excluding hydrogens is 402 g/mol. The van der Waals surface area contributed by atoms with E-state index in [0.29, 0.717) is 11.4 Å². The molecule has 4 rings (SSSR count). The van der Waals surface area contributed by atoms with E-state index in [-0.39, 0.29) is 13.0 Å². The van der Waals surface area contributed by atoms with Gasteiger partial charge in [-0.05, 0) is 47.9 Å². The van der Waals surface area contributed by atoms with Gasteiger partial charge in [0.1, 0.15) is 17.1 Å². The minimum atomic E-state index is -1.15. The van der Waals surface area contributed by atoms with Gasteiger partial charge in [-0.2, -0.15) is 0 Å². The molecule has 1 unspecified atom stereocenters. The van der Waals surface area contributed by atoms with Crippen molar-refractivity contribution in [1.29, 1.82) is 0 Å². The third-order valence-electron chi connectivity index (χ3n) is 5.21. The van der Waals surface area contributed by atoms with Gasteiger partial charge in [-0.25, -0.2) is 4.98 Å². The molecule has 32 heavy (non-hydrogen) atoms. The van der Waals surface area contributed by atoms with Gasteiger partial charge in [0.25, 0.3) is 0 Å². The first-order valence-electron chi connectivity index (χ1n) is 10.4. The predicted molar refractivity (Wildman–Crippen MR) is 122 cm³/mol. The Hall–Kier alpha value is -3.90. The van der Waals surface area contributed by atoms with Crippen molar-refractivity contribution in [3.8, 4) is 11.5 Å². The first-order chi connectivity index (χ1) is 15.5. The van der Waals surface area contributed by atoms with Gasteiger partial charge in [-0.3, -0.25) is 4.79 Å². The molecule has 0 fully saturated rings. The minimum Gasteiger partial charge on any atom is -0.457 e. The second-order valence-corrected chi connectivity index (χ2v) is 7.66. The quantitative estimate of drug-likeness (QED) is 0.400. The van der Waals surface area contributed by atoms with Crippen molar-refractivity contribution in [2.75, 3.05) is 0 Å². The molecule has 1 amide bonds. The lowest BCUT2D eigenvalue weighted by Crippen LogP contribution is -2.36. The summed E-state index contributed by atoms with van der Waals surface area (Å²) in [6.07, 6.45) is 3.15. The number of benzene rings is 3. The summed E-state index contributed by atoms with van der Waals surface area (Å²) in [6.45, 7) is 2.30. The van der Waals surface area contributed by atoms with Crippen molar-refractivity contribution >= 4 is 5.91 Å². The fraction of sp³-hybridized carbons (Fsp3) is 0.154. The van der Waals surface area contributed by atoms with E-state index in [1.165, 1.54) is 0 Å². The van der Waals surface area contributed by atoms with Crippen molar-refractivity contribution in [2.45, 2.75) is 25.6 Å². The number of aryl methyl sites for hydroxylation is 1. The van der Waals surface area contributed by atoms with Crippen molar-refractivity contribution < 1.29 is 14.3 Å². The molecule has 0 saturated carbocycles. The largest absolute Gasteiger partial charge is 0.457 e. The monoisotopic (exact) mass is 427 g/mol. The second kappa shape index (κ2) is 9.49. The Morgan fingerprint density at radius 1 is 1.00 bits per heavy atom. The predicted octanol–water partition coefficient (Wildman–Crippen LogP) is 4.85. The maximum Gasteiger partial charge on any atom is 0.221 e. The second-order valence-electron chi connectivity index (χ2n) is 7.66. The first-order valence-corrected chi connectivity index (χ1v) is 10.4. The average Bonchev–Trinajstić information content (AvgIpc) is 3.33. The zero-order chi connectivity index (χ0) is 22.4. The highest BCUT2D eigenvalue weighted by Gasteiger charge is 2.39. The lowest BCUT2D eigenvalue weighted by atomic mass is 9.86. The van der Waals surface area contributed by atoms with E-state index in [1.54, 1.807) is 12.5 Å². The van der Waals surface area contributed by atoms with Crippen LogP contribution in [0.15, 0.2) is 91.4 Å². The first kappa shape index (κ1) is 21.3. The normalized spacial score (nSPS) is 12.8. The smallest absolute Gasteiger partial charge is 0.221 e. The highest BCUT2D eigenvalue weighted by molar-refractivity contribution is 5.76. The Balaban J connectivity index is 1.74. The van der Waals surface area contributed by atoms with Crippen molar-refractivity contribution in [3.63, 3.8) is 0 Å². The van der Waals surface area contributed by atoms with Crippen LogP contribution in [0.5, 0.6) is 11.5 Å². The third-order valence-corrected chi connectivity index (χ3v) is 5.21. The van der Waals surface area contributed by atoms with E-state index in [2.05, 4.69) is 9.97 Å². The van der Waals surface area contributed by atoms with Crippen LogP contribution in [0.1, 0.15) is 28.8 Å². The van der Waals surface area contributed by atoms with Crippen LogP contribution in [-0.2, 0) is 21.7 Å². The summed E-state index contributed by atoms with van der Waals surface area (Å²) in [7, 11) is 0.